The maximum absolute atomic E-state index is 13.7. The third kappa shape index (κ3) is 2.26. The topological polar surface area (TPSA) is 56.7 Å². The molecule has 1 aromatic carbocycles. The lowest BCUT2D eigenvalue weighted by molar-refractivity contribution is 0.504. The number of fused-ring (bicyclic) bond motifs is 1. The molecule has 0 amide bonds. The van der Waals surface area contributed by atoms with Gasteiger partial charge in [0, 0.05) is 6.20 Å². The predicted molar refractivity (Wildman–Crippen MR) is 70.3 cm³/mol. The van der Waals surface area contributed by atoms with Gasteiger partial charge in [0.05, 0.1) is 11.7 Å². The minimum atomic E-state index is -0.108. The minimum absolute atomic E-state index is 0.108. The van der Waals surface area contributed by atoms with E-state index in [9.17, 15) is 4.39 Å². The van der Waals surface area contributed by atoms with E-state index in [2.05, 4.69) is 10.3 Å². The van der Waals surface area contributed by atoms with Crippen molar-refractivity contribution in [3.8, 4) is 0 Å². The summed E-state index contributed by atoms with van der Waals surface area (Å²) in [7, 11) is 0. The summed E-state index contributed by atoms with van der Waals surface area (Å²) in [4.78, 5) is 0. The van der Waals surface area contributed by atoms with Gasteiger partial charge in [-0.2, -0.15) is 0 Å². The Kier molecular flexibility index (Phi) is 3.29. The summed E-state index contributed by atoms with van der Waals surface area (Å²) in [6, 6.07) is 5.38. The molecule has 0 radical (unpaired) electrons. The molecule has 5 heteroatoms. The molecule has 0 spiro atoms. The van der Waals surface area contributed by atoms with E-state index in [-0.39, 0.29) is 11.9 Å². The molecule has 0 fully saturated rings. The molecule has 0 aliphatic heterocycles. The van der Waals surface area contributed by atoms with Crippen molar-refractivity contribution >= 4 is 0 Å². The van der Waals surface area contributed by atoms with Crippen molar-refractivity contribution in [3.63, 3.8) is 0 Å². The van der Waals surface area contributed by atoms with Crippen LogP contribution in [0, 0.1) is 5.82 Å². The van der Waals surface area contributed by atoms with Crippen molar-refractivity contribution < 1.29 is 4.39 Å². The van der Waals surface area contributed by atoms with Crippen LogP contribution >= 0.6 is 0 Å². The third-order valence-electron chi connectivity index (χ3n) is 3.70. The van der Waals surface area contributed by atoms with Gasteiger partial charge in [-0.25, -0.2) is 9.07 Å². The van der Waals surface area contributed by atoms with Crippen molar-refractivity contribution in [1.82, 2.24) is 15.0 Å². The van der Waals surface area contributed by atoms with Crippen molar-refractivity contribution in [3.05, 3.63) is 47.0 Å². The van der Waals surface area contributed by atoms with Crippen LogP contribution in [-0.4, -0.2) is 21.5 Å². The molecular weight excluding hydrogens is 243 g/mol. The molecule has 1 atom stereocenters. The number of aromatic nitrogens is 3. The average Bonchev–Trinajstić information content (AvgIpc) is 3.02. The number of hydrogen-bond donors (Lipinski definition) is 1. The molecule has 0 unspecified atom stereocenters. The highest BCUT2D eigenvalue weighted by atomic mass is 19.1. The van der Waals surface area contributed by atoms with Gasteiger partial charge in [0.2, 0.25) is 0 Å². The van der Waals surface area contributed by atoms with E-state index in [4.69, 9.17) is 5.73 Å². The Bertz CT molecular complexity index is 579. The highest BCUT2D eigenvalue weighted by molar-refractivity contribution is 5.36. The van der Waals surface area contributed by atoms with Gasteiger partial charge in [-0.1, -0.05) is 17.3 Å². The number of halogens is 1. The largest absolute Gasteiger partial charge is 0.330 e. The molecular formula is C14H17FN4. The number of benzene rings is 1. The van der Waals surface area contributed by atoms with Crippen LogP contribution < -0.4 is 5.73 Å². The Hall–Kier alpha value is -1.75. The van der Waals surface area contributed by atoms with E-state index in [1.807, 2.05) is 16.9 Å². The monoisotopic (exact) mass is 260 g/mol. The first-order valence-electron chi connectivity index (χ1n) is 6.67. The zero-order valence-electron chi connectivity index (χ0n) is 10.7. The first-order chi connectivity index (χ1) is 9.29. The Labute approximate surface area is 111 Å². The van der Waals surface area contributed by atoms with E-state index in [1.165, 1.54) is 6.07 Å². The fourth-order valence-electron chi connectivity index (χ4n) is 2.73. The molecule has 1 aliphatic carbocycles. The molecule has 0 saturated heterocycles. The Balaban J connectivity index is 1.85. The van der Waals surface area contributed by atoms with Crippen molar-refractivity contribution in [1.29, 1.82) is 0 Å². The smallest absolute Gasteiger partial charge is 0.126 e. The first kappa shape index (κ1) is 12.3. The van der Waals surface area contributed by atoms with Gasteiger partial charge in [-0.15, -0.1) is 5.10 Å². The second kappa shape index (κ2) is 5.09. The molecule has 1 aliphatic rings. The van der Waals surface area contributed by atoms with Crippen LogP contribution in [0.4, 0.5) is 4.39 Å². The van der Waals surface area contributed by atoms with Gasteiger partial charge in [0.1, 0.15) is 5.82 Å². The summed E-state index contributed by atoms with van der Waals surface area (Å²) in [6.45, 7) is 0.657. The third-order valence-corrected chi connectivity index (χ3v) is 3.70. The lowest BCUT2D eigenvalue weighted by Gasteiger charge is -2.11. The Morgan fingerprint density at radius 1 is 1.42 bits per heavy atom. The summed E-state index contributed by atoms with van der Waals surface area (Å²) in [5.74, 6) is -0.108. The molecule has 4 nitrogen and oxygen atoms in total. The molecule has 19 heavy (non-hydrogen) atoms. The van der Waals surface area contributed by atoms with Crippen LogP contribution in [0.3, 0.4) is 0 Å². The molecule has 2 N–H and O–H groups in total. The second-order valence-corrected chi connectivity index (χ2v) is 4.94. The van der Waals surface area contributed by atoms with E-state index in [0.29, 0.717) is 6.54 Å². The summed E-state index contributed by atoms with van der Waals surface area (Å²) >= 11 is 0. The van der Waals surface area contributed by atoms with Crippen LogP contribution in [0.25, 0.3) is 0 Å². The lowest BCUT2D eigenvalue weighted by atomic mass is 10.1. The van der Waals surface area contributed by atoms with Gasteiger partial charge < -0.3 is 5.73 Å². The van der Waals surface area contributed by atoms with E-state index >= 15 is 0 Å². The zero-order chi connectivity index (χ0) is 13.2. The van der Waals surface area contributed by atoms with E-state index < -0.39 is 0 Å². The molecule has 100 valence electrons. The Morgan fingerprint density at radius 2 is 2.32 bits per heavy atom. The maximum atomic E-state index is 13.7. The van der Waals surface area contributed by atoms with Crippen LogP contribution in [0.5, 0.6) is 0 Å². The van der Waals surface area contributed by atoms with Crippen LogP contribution in [0.2, 0.25) is 0 Å². The fraction of sp³-hybridized carbons (Fsp3) is 0.429. The number of nitrogens with two attached hydrogens (primary N) is 1. The summed E-state index contributed by atoms with van der Waals surface area (Å²) in [5, 5.41) is 8.34. The molecule has 2 aromatic rings. The van der Waals surface area contributed by atoms with Crippen molar-refractivity contribution in [2.75, 3.05) is 6.54 Å². The highest BCUT2D eigenvalue weighted by Gasteiger charge is 2.26. The first-order valence-corrected chi connectivity index (χ1v) is 6.67. The Morgan fingerprint density at radius 3 is 3.16 bits per heavy atom. The number of hydrogen-bond acceptors (Lipinski definition) is 3. The maximum Gasteiger partial charge on any atom is 0.126 e. The van der Waals surface area contributed by atoms with Gasteiger partial charge in [0.25, 0.3) is 0 Å². The predicted octanol–water partition coefficient (Wildman–Crippen LogP) is 1.84. The van der Waals surface area contributed by atoms with Crippen LogP contribution in [0.1, 0.15) is 35.7 Å². The van der Waals surface area contributed by atoms with Gasteiger partial charge in [-0.3, -0.25) is 0 Å². The number of nitrogens with zero attached hydrogens (tertiary/aromatic N) is 3. The highest BCUT2D eigenvalue weighted by Crippen LogP contribution is 2.35. The van der Waals surface area contributed by atoms with E-state index in [0.717, 1.165) is 42.5 Å². The van der Waals surface area contributed by atoms with Crippen molar-refractivity contribution in [2.24, 2.45) is 5.73 Å². The number of aryl methyl sites for hydroxylation is 1. The SMILES string of the molecule is NCCCc1cn([C@@H]2CCc3c(F)cccc32)nn1. The summed E-state index contributed by atoms with van der Waals surface area (Å²) < 4.78 is 15.6. The molecule has 0 saturated carbocycles. The standard InChI is InChI=1S/C14H17FN4/c15-13-5-1-4-12-11(13)6-7-14(12)19-9-10(17-18-19)3-2-8-16/h1,4-5,9,14H,2-3,6-8,16H2/t14-/m1/s1. The minimum Gasteiger partial charge on any atom is -0.330 e. The number of rotatable bonds is 4. The second-order valence-electron chi connectivity index (χ2n) is 4.94. The molecule has 3 rings (SSSR count). The van der Waals surface area contributed by atoms with Gasteiger partial charge >= 0.3 is 0 Å². The fourth-order valence-corrected chi connectivity index (χ4v) is 2.73. The summed E-state index contributed by atoms with van der Waals surface area (Å²) in [6.07, 6.45) is 5.37. The van der Waals surface area contributed by atoms with Crippen molar-refractivity contribution in [2.45, 2.75) is 31.7 Å². The lowest BCUT2D eigenvalue weighted by Crippen LogP contribution is -2.08. The normalized spacial score (nSPS) is 17.7. The van der Waals surface area contributed by atoms with Crippen LogP contribution in [-0.2, 0) is 12.8 Å². The van der Waals surface area contributed by atoms with E-state index in [1.54, 1.807) is 6.07 Å². The van der Waals surface area contributed by atoms with Crippen LogP contribution in [0.15, 0.2) is 24.4 Å². The van der Waals surface area contributed by atoms with Gasteiger partial charge in [0.15, 0.2) is 0 Å². The molecule has 0 bridgehead atoms. The summed E-state index contributed by atoms with van der Waals surface area (Å²) in [5.41, 5.74) is 8.31. The average molecular weight is 260 g/mol. The molecule has 1 heterocycles. The zero-order valence-corrected chi connectivity index (χ0v) is 10.7. The van der Waals surface area contributed by atoms with Gasteiger partial charge in [-0.05, 0) is 49.4 Å². The molecule has 1 aromatic heterocycles. The quantitative estimate of drug-likeness (QED) is 0.912.